The molecule has 0 aliphatic carbocycles. The molecule has 2 nitrogen and oxygen atoms in total. The van der Waals surface area contributed by atoms with Crippen LogP contribution in [0.1, 0.15) is 20.8 Å². The topological polar surface area (TPSA) is 15.3 Å². The molecule has 0 saturated carbocycles. The van der Waals surface area contributed by atoms with Crippen LogP contribution in [0.25, 0.3) is 0 Å². The summed E-state index contributed by atoms with van der Waals surface area (Å²) in [6.07, 6.45) is 0. The lowest BCUT2D eigenvalue weighted by atomic mass is 10.1. The third-order valence-electron chi connectivity index (χ3n) is 2.55. The monoisotopic (exact) mass is 174 g/mol. The van der Waals surface area contributed by atoms with E-state index in [-0.39, 0.29) is 12.7 Å². The molecule has 1 N–H and O–H groups in total. The predicted octanol–water partition coefficient (Wildman–Crippen LogP) is 1.03. The molecule has 12 heavy (non-hydrogen) atoms. The molecule has 0 bridgehead atoms. The van der Waals surface area contributed by atoms with Crippen LogP contribution in [0.3, 0.4) is 0 Å². The Balaban J connectivity index is 2.47. The highest BCUT2D eigenvalue weighted by Crippen LogP contribution is 2.10. The van der Waals surface area contributed by atoms with Gasteiger partial charge in [0.15, 0.2) is 0 Å². The second-order valence-electron chi connectivity index (χ2n) is 3.90. The summed E-state index contributed by atoms with van der Waals surface area (Å²) < 4.78 is 12.4. The lowest BCUT2D eigenvalue weighted by Crippen LogP contribution is -2.58. The van der Waals surface area contributed by atoms with Gasteiger partial charge in [0.2, 0.25) is 0 Å². The number of rotatable bonds is 2. The number of halogens is 1. The molecule has 0 spiro atoms. The Morgan fingerprint density at radius 1 is 1.58 bits per heavy atom. The first-order valence-corrected chi connectivity index (χ1v) is 4.70. The summed E-state index contributed by atoms with van der Waals surface area (Å²) in [6.45, 7) is 8.01. The Labute approximate surface area is 74.1 Å². The van der Waals surface area contributed by atoms with Crippen molar-refractivity contribution in [2.75, 3.05) is 19.8 Å². The average Bonchev–Trinajstić information content (AvgIpc) is 2.05. The van der Waals surface area contributed by atoms with E-state index in [0.29, 0.717) is 12.1 Å². The highest BCUT2D eigenvalue weighted by molar-refractivity contribution is 4.84. The number of hydrogen-bond donors (Lipinski definition) is 1. The van der Waals surface area contributed by atoms with Crippen molar-refractivity contribution in [3.63, 3.8) is 0 Å². The number of nitrogens with zero attached hydrogens (tertiary/aromatic N) is 1. The van der Waals surface area contributed by atoms with Crippen LogP contribution in [0.2, 0.25) is 0 Å². The minimum Gasteiger partial charge on any atom is -0.309 e. The highest BCUT2D eigenvalue weighted by Gasteiger charge is 2.26. The number of alkyl halides is 1. The fourth-order valence-corrected chi connectivity index (χ4v) is 1.78. The van der Waals surface area contributed by atoms with Gasteiger partial charge in [-0.05, 0) is 20.8 Å². The van der Waals surface area contributed by atoms with Gasteiger partial charge in [-0.15, -0.1) is 0 Å². The van der Waals surface area contributed by atoms with Gasteiger partial charge in [0.05, 0.1) is 0 Å². The lowest BCUT2D eigenvalue weighted by Gasteiger charge is -2.40. The molecule has 72 valence electrons. The maximum atomic E-state index is 12.4. The van der Waals surface area contributed by atoms with E-state index in [4.69, 9.17) is 0 Å². The molecule has 2 atom stereocenters. The van der Waals surface area contributed by atoms with Crippen LogP contribution in [0, 0.1) is 0 Å². The summed E-state index contributed by atoms with van der Waals surface area (Å²) >= 11 is 0. The largest absolute Gasteiger partial charge is 0.309 e. The van der Waals surface area contributed by atoms with E-state index in [1.807, 2.05) is 0 Å². The zero-order chi connectivity index (χ0) is 9.14. The molecule has 0 unspecified atom stereocenters. The predicted molar refractivity (Wildman–Crippen MR) is 49.1 cm³/mol. The van der Waals surface area contributed by atoms with Crippen LogP contribution >= 0.6 is 0 Å². The number of hydrogen-bond acceptors (Lipinski definition) is 2. The van der Waals surface area contributed by atoms with Gasteiger partial charge in [-0.25, -0.2) is 4.39 Å². The maximum absolute atomic E-state index is 12.4. The van der Waals surface area contributed by atoms with Crippen LogP contribution in [0.15, 0.2) is 0 Å². The molecule has 1 saturated heterocycles. The Hall–Kier alpha value is -0.150. The van der Waals surface area contributed by atoms with Crippen LogP contribution in [0.5, 0.6) is 0 Å². The summed E-state index contributed by atoms with van der Waals surface area (Å²) in [4.78, 5) is 2.35. The number of piperazine rings is 1. The van der Waals surface area contributed by atoms with Gasteiger partial charge in [-0.3, -0.25) is 4.90 Å². The van der Waals surface area contributed by atoms with E-state index in [2.05, 4.69) is 31.0 Å². The second kappa shape index (κ2) is 4.19. The maximum Gasteiger partial charge on any atom is 0.106 e. The van der Waals surface area contributed by atoms with Gasteiger partial charge in [-0.1, -0.05) is 0 Å². The zero-order valence-corrected chi connectivity index (χ0v) is 8.18. The second-order valence-corrected chi connectivity index (χ2v) is 3.90. The third-order valence-corrected chi connectivity index (χ3v) is 2.55. The molecule has 0 aromatic heterocycles. The first-order valence-electron chi connectivity index (χ1n) is 4.70. The summed E-state index contributed by atoms with van der Waals surface area (Å²) in [7, 11) is 0. The van der Waals surface area contributed by atoms with Crippen molar-refractivity contribution >= 4 is 0 Å². The van der Waals surface area contributed by atoms with Crippen molar-refractivity contribution in [2.45, 2.75) is 38.9 Å². The SMILES string of the molecule is CC(C)N1C[C@H](CF)NC[C@@H]1C. The molecule has 1 aliphatic heterocycles. The van der Waals surface area contributed by atoms with E-state index < -0.39 is 0 Å². The van der Waals surface area contributed by atoms with Crippen LogP contribution in [0.4, 0.5) is 4.39 Å². The van der Waals surface area contributed by atoms with Crippen LogP contribution in [-0.4, -0.2) is 42.8 Å². The summed E-state index contributed by atoms with van der Waals surface area (Å²) in [6, 6.07) is 1.10. The summed E-state index contributed by atoms with van der Waals surface area (Å²) in [5.41, 5.74) is 0. The first kappa shape index (κ1) is 9.93. The number of nitrogens with one attached hydrogen (secondary N) is 1. The van der Waals surface area contributed by atoms with Gasteiger partial charge in [0.25, 0.3) is 0 Å². The van der Waals surface area contributed by atoms with E-state index in [1.165, 1.54) is 0 Å². The van der Waals surface area contributed by atoms with E-state index in [0.717, 1.165) is 13.1 Å². The molecule has 0 amide bonds. The van der Waals surface area contributed by atoms with Crippen molar-refractivity contribution in [3.8, 4) is 0 Å². The first-order chi connectivity index (χ1) is 5.65. The van der Waals surface area contributed by atoms with Gasteiger partial charge in [-0.2, -0.15) is 0 Å². The quantitative estimate of drug-likeness (QED) is 0.672. The van der Waals surface area contributed by atoms with E-state index in [1.54, 1.807) is 0 Å². The van der Waals surface area contributed by atoms with Gasteiger partial charge in [0, 0.05) is 31.2 Å². The molecule has 1 aliphatic rings. The van der Waals surface area contributed by atoms with Crippen molar-refractivity contribution < 1.29 is 4.39 Å². The molecule has 1 fully saturated rings. The van der Waals surface area contributed by atoms with Crippen LogP contribution in [-0.2, 0) is 0 Å². The molecular weight excluding hydrogens is 155 g/mol. The van der Waals surface area contributed by atoms with Crippen molar-refractivity contribution in [3.05, 3.63) is 0 Å². The van der Waals surface area contributed by atoms with Gasteiger partial charge in [0.1, 0.15) is 6.67 Å². The summed E-state index contributed by atoms with van der Waals surface area (Å²) in [5, 5.41) is 3.19. The Kier molecular flexibility index (Phi) is 3.47. The minimum absolute atomic E-state index is 0.0450. The Morgan fingerprint density at radius 2 is 2.25 bits per heavy atom. The Bertz CT molecular complexity index is 138. The Morgan fingerprint density at radius 3 is 2.75 bits per heavy atom. The van der Waals surface area contributed by atoms with Gasteiger partial charge < -0.3 is 5.32 Å². The molecule has 3 heteroatoms. The van der Waals surface area contributed by atoms with Gasteiger partial charge >= 0.3 is 0 Å². The van der Waals surface area contributed by atoms with Crippen molar-refractivity contribution in [2.24, 2.45) is 0 Å². The lowest BCUT2D eigenvalue weighted by molar-refractivity contribution is 0.0982. The van der Waals surface area contributed by atoms with Crippen molar-refractivity contribution in [1.82, 2.24) is 10.2 Å². The van der Waals surface area contributed by atoms with E-state index >= 15 is 0 Å². The molecule has 0 radical (unpaired) electrons. The fourth-order valence-electron chi connectivity index (χ4n) is 1.78. The van der Waals surface area contributed by atoms with Crippen LogP contribution < -0.4 is 5.32 Å². The zero-order valence-electron chi connectivity index (χ0n) is 8.18. The molecule has 0 aromatic rings. The summed E-state index contributed by atoms with van der Waals surface area (Å²) in [5.74, 6) is 0. The molecule has 0 aromatic carbocycles. The normalized spacial score (nSPS) is 32.8. The molecule has 1 heterocycles. The third kappa shape index (κ3) is 2.17. The fraction of sp³-hybridized carbons (Fsp3) is 1.00. The standard InChI is InChI=1S/C9H19FN2/c1-7(2)12-6-9(4-10)11-5-8(12)3/h7-9,11H,4-6H2,1-3H3/t8-,9-/m0/s1. The minimum atomic E-state index is -0.254. The molecular formula is C9H19FN2. The molecule has 1 rings (SSSR count). The van der Waals surface area contributed by atoms with E-state index in [9.17, 15) is 4.39 Å². The highest BCUT2D eigenvalue weighted by atomic mass is 19.1. The smallest absolute Gasteiger partial charge is 0.106 e. The average molecular weight is 174 g/mol. The van der Waals surface area contributed by atoms with Crippen molar-refractivity contribution in [1.29, 1.82) is 0 Å².